The maximum atomic E-state index is 5.67. The van der Waals surface area contributed by atoms with Crippen molar-refractivity contribution in [3.8, 4) is 11.5 Å². The molecule has 164 valence electrons. The van der Waals surface area contributed by atoms with Crippen LogP contribution in [0.1, 0.15) is 25.0 Å². The van der Waals surface area contributed by atoms with Crippen LogP contribution in [0.2, 0.25) is 0 Å². The Kier molecular flexibility index (Phi) is 8.33. The normalized spacial score (nSPS) is 10.7. The number of nitrogens with zero attached hydrogens (tertiary/aromatic N) is 1. The van der Waals surface area contributed by atoms with Crippen LogP contribution in [-0.2, 0) is 22.7 Å². The maximum absolute atomic E-state index is 5.67. The molecule has 0 aliphatic heterocycles. The third kappa shape index (κ3) is 5.57. The van der Waals surface area contributed by atoms with Crippen molar-refractivity contribution in [1.82, 2.24) is 0 Å². The Balaban J connectivity index is 2.06. The third-order valence-electron chi connectivity index (χ3n) is 5.00. The molecule has 0 spiro atoms. The molecule has 3 aromatic carbocycles. The smallest absolute Gasteiger partial charge is 0.126 e. The van der Waals surface area contributed by atoms with Gasteiger partial charge in [0, 0.05) is 53.5 Å². The second-order valence-electron chi connectivity index (χ2n) is 6.94. The van der Waals surface area contributed by atoms with Gasteiger partial charge in [0.1, 0.15) is 11.5 Å². The molecule has 0 atom stereocenters. The number of anilines is 3. The van der Waals surface area contributed by atoms with Gasteiger partial charge in [-0.3, -0.25) is 0 Å². The van der Waals surface area contributed by atoms with Crippen LogP contribution in [-0.4, -0.2) is 27.4 Å². The van der Waals surface area contributed by atoms with Crippen molar-refractivity contribution in [3.63, 3.8) is 0 Å². The summed E-state index contributed by atoms with van der Waals surface area (Å²) in [5, 5.41) is 0. The Morgan fingerprint density at radius 3 is 1.52 bits per heavy atom. The molecule has 0 saturated heterocycles. The largest absolute Gasteiger partial charge is 0.496 e. The molecule has 0 saturated carbocycles. The van der Waals surface area contributed by atoms with Gasteiger partial charge in [0.15, 0.2) is 0 Å². The Hall–Kier alpha value is -3.02. The number of ether oxygens (including phenoxy) is 4. The van der Waals surface area contributed by atoms with Crippen LogP contribution in [0.15, 0.2) is 66.7 Å². The number of methoxy groups -OCH3 is 2. The molecule has 0 aliphatic carbocycles. The zero-order valence-electron chi connectivity index (χ0n) is 18.8. The molecule has 0 bridgehead atoms. The monoisotopic (exact) mass is 421 g/mol. The minimum absolute atomic E-state index is 0.519. The summed E-state index contributed by atoms with van der Waals surface area (Å²) in [6.45, 7) is 6.33. The number of hydrogen-bond donors (Lipinski definition) is 0. The van der Waals surface area contributed by atoms with Crippen LogP contribution >= 0.6 is 0 Å². The minimum atomic E-state index is 0.519. The Morgan fingerprint density at radius 1 is 0.613 bits per heavy atom. The molecule has 0 fully saturated rings. The molecule has 0 amide bonds. The van der Waals surface area contributed by atoms with E-state index >= 15 is 0 Å². The lowest BCUT2D eigenvalue weighted by molar-refractivity contribution is 0.132. The van der Waals surface area contributed by atoms with Gasteiger partial charge < -0.3 is 23.8 Å². The predicted molar refractivity (Wildman–Crippen MR) is 125 cm³/mol. The molecule has 0 aromatic heterocycles. The van der Waals surface area contributed by atoms with E-state index in [1.807, 2.05) is 44.2 Å². The fourth-order valence-corrected chi connectivity index (χ4v) is 3.43. The van der Waals surface area contributed by atoms with Crippen molar-refractivity contribution >= 4 is 17.1 Å². The molecule has 31 heavy (non-hydrogen) atoms. The van der Waals surface area contributed by atoms with Crippen molar-refractivity contribution in [2.45, 2.75) is 27.1 Å². The number of para-hydroxylation sites is 1. The van der Waals surface area contributed by atoms with Gasteiger partial charge in [-0.25, -0.2) is 0 Å². The fourth-order valence-electron chi connectivity index (χ4n) is 3.43. The van der Waals surface area contributed by atoms with E-state index < -0.39 is 0 Å². The van der Waals surface area contributed by atoms with E-state index in [0.717, 1.165) is 39.7 Å². The van der Waals surface area contributed by atoms with E-state index in [1.165, 1.54) is 0 Å². The fraction of sp³-hybridized carbons (Fsp3) is 0.308. The number of hydrogen-bond acceptors (Lipinski definition) is 5. The number of benzene rings is 3. The zero-order chi connectivity index (χ0) is 22.1. The lowest BCUT2D eigenvalue weighted by atomic mass is 10.1. The van der Waals surface area contributed by atoms with E-state index in [-0.39, 0.29) is 0 Å². The van der Waals surface area contributed by atoms with Gasteiger partial charge in [-0.2, -0.15) is 0 Å². The van der Waals surface area contributed by atoms with Gasteiger partial charge in [-0.1, -0.05) is 30.3 Å². The summed E-state index contributed by atoms with van der Waals surface area (Å²) >= 11 is 0. The first-order chi connectivity index (χ1) is 15.2. The molecule has 3 aromatic rings. The van der Waals surface area contributed by atoms with Crippen LogP contribution < -0.4 is 14.4 Å². The minimum Gasteiger partial charge on any atom is -0.496 e. The average molecular weight is 422 g/mol. The Labute approximate surface area is 185 Å². The number of rotatable bonds is 11. The predicted octanol–water partition coefficient (Wildman–Crippen LogP) is 6.25. The van der Waals surface area contributed by atoms with Crippen molar-refractivity contribution < 1.29 is 18.9 Å². The molecule has 5 nitrogen and oxygen atoms in total. The molecule has 0 heterocycles. The van der Waals surface area contributed by atoms with Crippen molar-refractivity contribution in [3.05, 3.63) is 77.9 Å². The molecular formula is C26H31NO4. The first kappa shape index (κ1) is 22.7. The van der Waals surface area contributed by atoms with Crippen molar-refractivity contribution in [2.24, 2.45) is 0 Å². The summed E-state index contributed by atoms with van der Waals surface area (Å²) in [6, 6.07) is 22.6. The van der Waals surface area contributed by atoms with E-state index in [0.29, 0.717) is 26.4 Å². The maximum Gasteiger partial charge on any atom is 0.126 e. The SMILES string of the molecule is CCOCc1ccc(N(c2ccccc2)c2ccc(COCC)c(OC)c2)cc1OC. The molecule has 0 radical (unpaired) electrons. The molecule has 0 aliphatic rings. The van der Waals surface area contributed by atoms with E-state index in [9.17, 15) is 0 Å². The Bertz CT molecular complexity index is 899. The summed E-state index contributed by atoms with van der Waals surface area (Å²) in [7, 11) is 3.37. The highest BCUT2D eigenvalue weighted by atomic mass is 16.5. The van der Waals surface area contributed by atoms with Crippen molar-refractivity contribution in [2.75, 3.05) is 32.3 Å². The molecular weight excluding hydrogens is 390 g/mol. The molecule has 0 N–H and O–H groups in total. The van der Waals surface area contributed by atoms with Crippen molar-refractivity contribution in [1.29, 1.82) is 0 Å². The van der Waals surface area contributed by atoms with E-state index in [1.54, 1.807) is 14.2 Å². The van der Waals surface area contributed by atoms with Gasteiger partial charge in [0.2, 0.25) is 0 Å². The first-order valence-corrected chi connectivity index (χ1v) is 10.6. The van der Waals surface area contributed by atoms with Crippen LogP contribution in [0.4, 0.5) is 17.1 Å². The van der Waals surface area contributed by atoms with Gasteiger partial charge >= 0.3 is 0 Å². The summed E-state index contributed by atoms with van der Waals surface area (Å²) in [6.07, 6.45) is 0. The van der Waals surface area contributed by atoms with Gasteiger partial charge in [-0.05, 0) is 38.1 Å². The lowest BCUT2D eigenvalue weighted by Gasteiger charge is -2.27. The summed E-state index contributed by atoms with van der Waals surface area (Å²) in [5.74, 6) is 1.60. The first-order valence-electron chi connectivity index (χ1n) is 10.6. The van der Waals surface area contributed by atoms with Crippen LogP contribution in [0, 0.1) is 0 Å². The molecule has 3 rings (SSSR count). The van der Waals surface area contributed by atoms with Gasteiger partial charge in [0.25, 0.3) is 0 Å². The zero-order valence-corrected chi connectivity index (χ0v) is 18.8. The van der Waals surface area contributed by atoms with E-state index in [4.69, 9.17) is 18.9 Å². The average Bonchev–Trinajstić information content (AvgIpc) is 2.82. The highest BCUT2D eigenvalue weighted by Gasteiger charge is 2.17. The van der Waals surface area contributed by atoms with Crippen LogP contribution in [0.5, 0.6) is 11.5 Å². The summed E-state index contributed by atoms with van der Waals surface area (Å²) < 4.78 is 22.5. The van der Waals surface area contributed by atoms with Gasteiger partial charge in [0.05, 0.1) is 27.4 Å². The standard InChI is InChI=1S/C26H31NO4/c1-5-30-18-20-12-14-23(16-25(20)28-3)27(22-10-8-7-9-11-22)24-15-13-21(19-31-6-2)26(17-24)29-4/h7-17H,5-6,18-19H2,1-4H3. The highest BCUT2D eigenvalue weighted by molar-refractivity contribution is 5.78. The quantitative estimate of drug-likeness (QED) is 0.366. The molecule has 0 unspecified atom stereocenters. The van der Waals surface area contributed by atoms with E-state index in [2.05, 4.69) is 41.3 Å². The summed E-state index contributed by atoms with van der Waals surface area (Å²) in [5.41, 5.74) is 5.06. The topological polar surface area (TPSA) is 40.2 Å². The highest BCUT2D eigenvalue weighted by Crippen LogP contribution is 2.39. The van der Waals surface area contributed by atoms with Gasteiger partial charge in [-0.15, -0.1) is 0 Å². The second kappa shape index (κ2) is 11.4. The molecule has 5 heteroatoms. The second-order valence-corrected chi connectivity index (χ2v) is 6.94. The third-order valence-corrected chi connectivity index (χ3v) is 5.00. The van der Waals surface area contributed by atoms with Crippen LogP contribution in [0.25, 0.3) is 0 Å². The lowest BCUT2D eigenvalue weighted by Crippen LogP contribution is -2.11. The van der Waals surface area contributed by atoms with Crippen LogP contribution in [0.3, 0.4) is 0 Å². The summed E-state index contributed by atoms with van der Waals surface area (Å²) in [4.78, 5) is 2.18. The Morgan fingerprint density at radius 2 is 1.10 bits per heavy atom.